The highest BCUT2D eigenvalue weighted by atomic mass is 19.1. The third-order valence-electron chi connectivity index (χ3n) is 5.08. The Bertz CT molecular complexity index is 794. The summed E-state index contributed by atoms with van der Waals surface area (Å²) in [6, 6.07) is 2.70. The SMILES string of the molecule is C/C=C(/C(N)=O)C(=O)c1cc(F)c(C)cc1C.CC1CC1.CCCC(CCC)=C(C)N. The van der Waals surface area contributed by atoms with Crippen molar-refractivity contribution < 1.29 is 14.0 Å². The second kappa shape index (κ2) is 14.6. The molecule has 0 heterocycles. The van der Waals surface area contributed by atoms with Gasteiger partial charge in [-0.05, 0) is 63.6 Å². The molecule has 174 valence electrons. The molecule has 0 saturated heterocycles. The zero-order chi connectivity index (χ0) is 24.1. The molecular formula is C26H41FN2O2. The van der Waals surface area contributed by atoms with Gasteiger partial charge in [0, 0.05) is 11.3 Å². The molecule has 0 aromatic heterocycles. The third kappa shape index (κ3) is 11.0. The maximum Gasteiger partial charge on any atom is 0.252 e. The van der Waals surface area contributed by atoms with Crippen molar-refractivity contribution in [1.82, 2.24) is 0 Å². The van der Waals surface area contributed by atoms with E-state index in [4.69, 9.17) is 11.5 Å². The normalized spacial score (nSPS) is 12.7. The van der Waals surface area contributed by atoms with E-state index in [9.17, 15) is 14.0 Å². The minimum absolute atomic E-state index is 0.128. The van der Waals surface area contributed by atoms with Gasteiger partial charge in [-0.3, -0.25) is 9.59 Å². The first-order valence-corrected chi connectivity index (χ1v) is 11.2. The number of nitrogens with two attached hydrogens (primary N) is 2. The van der Waals surface area contributed by atoms with E-state index in [1.54, 1.807) is 19.9 Å². The second-order valence-electron chi connectivity index (χ2n) is 8.28. The fraction of sp³-hybridized carbons (Fsp3) is 0.538. The van der Waals surface area contributed by atoms with Crippen LogP contribution in [0.25, 0.3) is 0 Å². The maximum absolute atomic E-state index is 13.4. The van der Waals surface area contributed by atoms with Crippen LogP contribution in [0.15, 0.2) is 35.1 Å². The molecule has 1 aromatic rings. The zero-order valence-electron chi connectivity index (χ0n) is 20.4. The summed E-state index contributed by atoms with van der Waals surface area (Å²) in [4.78, 5) is 23.0. The summed E-state index contributed by atoms with van der Waals surface area (Å²) in [5.41, 5.74) is 14.4. The second-order valence-corrected chi connectivity index (χ2v) is 8.28. The Morgan fingerprint density at radius 2 is 1.55 bits per heavy atom. The first-order valence-electron chi connectivity index (χ1n) is 11.2. The fourth-order valence-corrected chi connectivity index (χ4v) is 2.89. The molecule has 0 aliphatic heterocycles. The van der Waals surface area contributed by atoms with Gasteiger partial charge in [0.15, 0.2) is 5.78 Å². The summed E-state index contributed by atoms with van der Waals surface area (Å²) in [7, 11) is 0. The van der Waals surface area contributed by atoms with Crippen molar-refractivity contribution in [2.24, 2.45) is 17.4 Å². The fourth-order valence-electron chi connectivity index (χ4n) is 2.89. The van der Waals surface area contributed by atoms with Crippen molar-refractivity contribution in [3.8, 4) is 0 Å². The number of aryl methyl sites for hydroxylation is 2. The Kier molecular flexibility index (Phi) is 13.4. The molecule has 1 aliphatic carbocycles. The van der Waals surface area contributed by atoms with E-state index in [-0.39, 0.29) is 11.1 Å². The first-order chi connectivity index (χ1) is 14.5. The van der Waals surface area contributed by atoms with E-state index in [1.807, 2.05) is 6.92 Å². The molecular weight excluding hydrogens is 391 g/mol. The summed E-state index contributed by atoms with van der Waals surface area (Å²) in [6.07, 6.45) is 9.09. The van der Waals surface area contributed by atoms with Gasteiger partial charge in [0.2, 0.25) is 0 Å². The number of halogens is 1. The molecule has 1 aliphatic rings. The van der Waals surface area contributed by atoms with Gasteiger partial charge in [0.05, 0.1) is 5.57 Å². The molecule has 0 bridgehead atoms. The number of hydrogen-bond donors (Lipinski definition) is 2. The predicted octanol–water partition coefficient (Wildman–Crippen LogP) is 6.29. The molecule has 1 amide bonds. The molecule has 0 radical (unpaired) electrons. The predicted molar refractivity (Wildman–Crippen MR) is 128 cm³/mol. The zero-order valence-corrected chi connectivity index (χ0v) is 20.4. The average molecular weight is 433 g/mol. The summed E-state index contributed by atoms with van der Waals surface area (Å²) in [5, 5.41) is 0. The minimum atomic E-state index is -0.808. The molecule has 1 fully saturated rings. The third-order valence-corrected chi connectivity index (χ3v) is 5.08. The molecule has 0 unspecified atom stereocenters. The standard InChI is InChI=1S/C13H14FNO2.C9H19N.C4H8/c1-4-9(13(15)17)12(16)10-6-11(14)8(3)5-7(10)2;1-4-6-9(7-5-2)8(3)10;1-4-2-3-4/h4-6H,1-3H3,(H2,15,17);4-7,10H2,1-3H3;4H,2-3H2,1H3/b9-4+;;. The molecule has 4 nitrogen and oxygen atoms in total. The molecule has 1 aromatic carbocycles. The van der Waals surface area contributed by atoms with E-state index in [1.165, 1.54) is 57.1 Å². The van der Waals surface area contributed by atoms with Crippen molar-refractivity contribution in [1.29, 1.82) is 0 Å². The maximum atomic E-state index is 13.4. The van der Waals surface area contributed by atoms with Crippen LogP contribution in [0, 0.1) is 25.6 Å². The summed E-state index contributed by atoms with van der Waals surface area (Å²) in [6.45, 7) is 13.5. The lowest BCUT2D eigenvalue weighted by atomic mass is 9.97. The van der Waals surface area contributed by atoms with Crippen LogP contribution in [0.3, 0.4) is 0 Å². The number of rotatable bonds is 7. The molecule has 31 heavy (non-hydrogen) atoms. The van der Waals surface area contributed by atoms with Crippen molar-refractivity contribution in [3.05, 3.63) is 57.6 Å². The van der Waals surface area contributed by atoms with Crippen LogP contribution < -0.4 is 11.5 Å². The largest absolute Gasteiger partial charge is 0.402 e. The van der Waals surface area contributed by atoms with E-state index in [0.29, 0.717) is 11.1 Å². The van der Waals surface area contributed by atoms with Crippen LogP contribution in [0.4, 0.5) is 4.39 Å². The smallest absolute Gasteiger partial charge is 0.252 e. The molecule has 1 saturated carbocycles. The Morgan fingerprint density at radius 1 is 1.06 bits per heavy atom. The number of carbonyl (C=O) groups excluding carboxylic acids is 2. The molecule has 0 atom stereocenters. The quantitative estimate of drug-likeness (QED) is 0.230. The number of benzene rings is 1. The van der Waals surface area contributed by atoms with Crippen molar-refractivity contribution in [3.63, 3.8) is 0 Å². The van der Waals surface area contributed by atoms with Crippen molar-refractivity contribution in [2.45, 2.75) is 87.0 Å². The lowest BCUT2D eigenvalue weighted by molar-refractivity contribution is -0.114. The van der Waals surface area contributed by atoms with Crippen LogP contribution in [0.1, 0.15) is 94.6 Å². The number of carbonyl (C=O) groups is 2. The molecule has 0 spiro atoms. The molecule has 4 N–H and O–H groups in total. The Hall–Kier alpha value is -2.43. The lowest BCUT2D eigenvalue weighted by Crippen LogP contribution is -2.21. The van der Waals surface area contributed by atoms with Crippen LogP contribution >= 0.6 is 0 Å². The van der Waals surface area contributed by atoms with Gasteiger partial charge in [-0.1, -0.05) is 64.2 Å². The van der Waals surface area contributed by atoms with Gasteiger partial charge in [-0.25, -0.2) is 4.39 Å². The number of primary amides is 1. The number of allylic oxidation sites excluding steroid dienone is 3. The van der Waals surface area contributed by atoms with Gasteiger partial charge in [0.25, 0.3) is 5.91 Å². The number of Topliss-reactive ketones (excluding diaryl/α,β-unsaturated/α-hetero) is 1. The van der Waals surface area contributed by atoms with Gasteiger partial charge in [-0.2, -0.15) is 0 Å². The average Bonchev–Trinajstić information content (AvgIpc) is 3.47. The molecule has 2 rings (SSSR count). The van der Waals surface area contributed by atoms with Gasteiger partial charge >= 0.3 is 0 Å². The van der Waals surface area contributed by atoms with Crippen LogP contribution in [0.2, 0.25) is 0 Å². The van der Waals surface area contributed by atoms with E-state index in [2.05, 4.69) is 20.8 Å². The summed E-state index contributed by atoms with van der Waals surface area (Å²) < 4.78 is 13.4. The topological polar surface area (TPSA) is 86.2 Å². The Balaban J connectivity index is 0.000000537. The van der Waals surface area contributed by atoms with Gasteiger partial charge < -0.3 is 11.5 Å². The molecule has 5 heteroatoms. The number of hydrogen-bond acceptors (Lipinski definition) is 3. The highest BCUT2D eigenvalue weighted by molar-refractivity contribution is 6.25. The van der Waals surface area contributed by atoms with Crippen LogP contribution in [0.5, 0.6) is 0 Å². The van der Waals surface area contributed by atoms with Gasteiger partial charge in [0.1, 0.15) is 5.82 Å². The lowest BCUT2D eigenvalue weighted by Gasteiger charge is -2.07. The number of amides is 1. The number of ketones is 1. The first kappa shape index (κ1) is 28.6. The van der Waals surface area contributed by atoms with E-state index in [0.717, 1.165) is 17.7 Å². The van der Waals surface area contributed by atoms with Gasteiger partial charge in [-0.15, -0.1) is 0 Å². The summed E-state index contributed by atoms with van der Waals surface area (Å²) in [5.74, 6) is -0.742. The minimum Gasteiger partial charge on any atom is -0.402 e. The van der Waals surface area contributed by atoms with E-state index >= 15 is 0 Å². The highest BCUT2D eigenvalue weighted by Crippen LogP contribution is 2.26. The Morgan fingerprint density at radius 3 is 1.87 bits per heavy atom. The Labute approximate surface area is 188 Å². The van der Waals surface area contributed by atoms with Crippen LogP contribution in [-0.4, -0.2) is 11.7 Å². The highest BCUT2D eigenvalue weighted by Gasteiger charge is 2.19. The van der Waals surface area contributed by atoms with Crippen molar-refractivity contribution in [2.75, 3.05) is 0 Å². The monoisotopic (exact) mass is 432 g/mol. The van der Waals surface area contributed by atoms with E-state index < -0.39 is 17.5 Å². The summed E-state index contributed by atoms with van der Waals surface area (Å²) >= 11 is 0. The van der Waals surface area contributed by atoms with Crippen LogP contribution in [-0.2, 0) is 4.79 Å². The van der Waals surface area contributed by atoms with Crippen molar-refractivity contribution >= 4 is 11.7 Å².